The Morgan fingerprint density at radius 1 is 1.23 bits per heavy atom. The van der Waals surface area contributed by atoms with Crippen LogP contribution in [0.3, 0.4) is 0 Å². The number of hydrogen-bond acceptors (Lipinski definition) is 4. The molecule has 1 aliphatic heterocycles. The lowest BCUT2D eigenvalue weighted by atomic mass is 10.2. The number of amides is 1. The van der Waals surface area contributed by atoms with Crippen LogP contribution in [0.25, 0.3) is 0 Å². The van der Waals surface area contributed by atoms with Gasteiger partial charge in [-0.25, -0.2) is 4.39 Å². The molecule has 0 spiro atoms. The summed E-state index contributed by atoms with van der Waals surface area (Å²) in [5.74, 6) is -0.224. The van der Waals surface area contributed by atoms with Crippen LogP contribution in [0.5, 0.6) is 0 Å². The zero-order valence-electron chi connectivity index (χ0n) is 12.2. The van der Waals surface area contributed by atoms with Crippen molar-refractivity contribution in [2.24, 2.45) is 5.92 Å². The Hall–Kier alpha value is -2.18. The van der Waals surface area contributed by atoms with Gasteiger partial charge in [0.2, 0.25) is 5.91 Å². The highest BCUT2D eigenvalue weighted by atomic mass is 19.1. The topological polar surface area (TPSA) is 66.7 Å². The van der Waals surface area contributed by atoms with E-state index in [2.05, 4.69) is 0 Å². The summed E-state index contributed by atoms with van der Waals surface area (Å²) in [6.45, 7) is 2.40. The number of benzene rings is 1. The molecule has 1 aromatic carbocycles. The number of hydrogen-bond donors (Lipinski definition) is 0. The lowest BCUT2D eigenvalue weighted by molar-refractivity contribution is -0.384. The van der Waals surface area contributed by atoms with E-state index in [1.807, 2.05) is 9.80 Å². The highest BCUT2D eigenvalue weighted by Gasteiger charge is 2.34. The summed E-state index contributed by atoms with van der Waals surface area (Å²) in [7, 11) is 0. The van der Waals surface area contributed by atoms with Crippen molar-refractivity contribution >= 4 is 17.3 Å². The fourth-order valence-corrected chi connectivity index (χ4v) is 2.88. The zero-order chi connectivity index (χ0) is 15.7. The lowest BCUT2D eigenvalue weighted by Crippen LogP contribution is -2.36. The smallest absolute Gasteiger partial charge is 0.295 e. The van der Waals surface area contributed by atoms with Crippen molar-refractivity contribution in [2.45, 2.75) is 19.3 Å². The predicted molar refractivity (Wildman–Crippen MR) is 79.2 cm³/mol. The van der Waals surface area contributed by atoms with E-state index in [1.165, 1.54) is 12.1 Å². The summed E-state index contributed by atoms with van der Waals surface area (Å²) in [6, 6.07) is 3.64. The minimum absolute atomic E-state index is 0.187. The third kappa shape index (κ3) is 3.03. The molecule has 6 nitrogen and oxygen atoms in total. The number of halogens is 1. The van der Waals surface area contributed by atoms with Crippen LogP contribution >= 0.6 is 0 Å². The van der Waals surface area contributed by atoms with E-state index in [0.29, 0.717) is 31.9 Å². The molecule has 0 bridgehead atoms. The zero-order valence-corrected chi connectivity index (χ0v) is 12.2. The Kier molecular flexibility index (Phi) is 3.96. The molecule has 0 atom stereocenters. The summed E-state index contributed by atoms with van der Waals surface area (Å²) in [6.07, 6.45) is 2.71. The molecule has 3 rings (SSSR count). The fraction of sp³-hybridized carbons (Fsp3) is 0.533. The molecular formula is C15H18FN3O3. The van der Waals surface area contributed by atoms with Crippen molar-refractivity contribution in [1.82, 2.24) is 4.90 Å². The number of nitrogens with zero attached hydrogens (tertiary/aromatic N) is 3. The molecule has 0 aromatic heterocycles. The Bertz CT molecular complexity index is 604. The largest absolute Gasteiger partial charge is 0.364 e. The van der Waals surface area contributed by atoms with Gasteiger partial charge in [-0.05, 0) is 31.4 Å². The average molecular weight is 307 g/mol. The molecule has 1 aliphatic carbocycles. The molecule has 118 valence electrons. The number of nitro groups is 1. The quantitative estimate of drug-likeness (QED) is 0.634. The van der Waals surface area contributed by atoms with Crippen molar-refractivity contribution in [1.29, 1.82) is 0 Å². The Balaban J connectivity index is 1.75. The number of carbonyl (C=O) groups excluding carboxylic acids is 1. The third-order valence-electron chi connectivity index (χ3n) is 4.21. The van der Waals surface area contributed by atoms with E-state index in [-0.39, 0.29) is 17.5 Å². The van der Waals surface area contributed by atoms with Crippen LogP contribution in [0.1, 0.15) is 19.3 Å². The Morgan fingerprint density at radius 2 is 2.00 bits per heavy atom. The van der Waals surface area contributed by atoms with Gasteiger partial charge in [0.25, 0.3) is 5.69 Å². The molecule has 2 aliphatic rings. The summed E-state index contributed by atoms with van der Waals surface area (Å²) in [5.41, 5.74) is 0.203. The van der Waals surface area contributed by atoms with Gasteiger partial charge in [-0.3, -0.25) is 14.9 Å². The van der Waals surface area contributed by atoms with Gasteiger partial charge in [0.05, 0.1) is 11.0 Å². The molecule has 1 saturated heterocycles. The van der Waals surface area contributed by atoms with E-state index in [1.54, 1.807) is 0 Å². The molecule has 1 heterocycles. The van der Waals surface area contributed by atoms with Gasteiger partial charge in [-0.15, -0.1) is 0 Å². The molecule has 1 amide bonds. The van der Waals surface area contributed by atoms with Crippen LogP contribution in [0, 0.1) is 21.8 Å². The minimum atomic E-state index is -0.615. The monoisotopic (exact) mass is 307 g/mol. The molecule has 0 N–H and O–H groups in total. The molecule has 0 unspecified atom stereocenters. The highest BCUT2D eigenvalue weighted by molar-refractivity contribution is 5.81. The number of carbonyl (C=O) groups is 1. The molecule has 7 heteroatoms. The first-order valence-electron chi connectivity index (χ1n) is 7.54. The fourth-order valence-electron chi connectivity index (χ4n) is 2.88. The van der Waals surface area contributed by atoms with E-state index in [0.717, 1.165) is 25.3 Å². The van der Waals surface area contributed by atoms with Gasteiger partial charge in [0.15, 0.2) is 0 Å². The van der Waals surface area contributed by atoms with Crippen molar-refractivity contribution in [3.63, 3.8) is 0 Å². The van der Waals surface area contributed by atoms with Crippen molar-refractivity contribution in [3.8, 4) is 0 Å². The van der Waals surface area contributed by atoms with E-state index in [4.69, 9.17) is 0 Å². The summed E-state index contributed by atoms with van der Waals surface area (Å²) < 4.78 is 13.2. The minimum Gasteiger partial charge on any atom is -0.364 e. The van der Waals surface area contributed by atoms with Gasteiger partial charge in [-0.2, -0.15) is 0 Å². The first-order chi connectivity index (χ1) is 10.6. The van der Waals surface area contributed by atoms with Crippen molar-refractivity contribution in [2.75, 3.05) is 31.1 Å². The summed E-state index contributed by atoms with van der Waals surface area (Å²) in [4.78, 5) is 26.4. The molecule has 1 saturated carbocycles. The van der Waals surface area contributed by atoms with Gasteiger partial charge in [-0.1, -0.05) is 0 Å². The standard InChI is InChI=1S/C15H18FN3O3/c16-12-4-5-13(14(10-12)19(21)22)17-6-1-7-18(9-8-17)15(20)11-2-3-11/h4-5,10-11H,1-3,6-9H2. The Morgan fingerprint density at radius 3 is 2.68 bits per heavy atom. The van der Waals surface area contributed by atoms with Gasteiger partial charge in [0.1, 0.15) is 11.5 Å². The third-order valence-corrected chi connectivity index (χ3v) is 4.21. The van der Waals surface area contributed by atoms with E-state index < -0.39 is 10.7 Å². The van der Waals surface area contributed by atoms with Crippen LogP contribution in [-0.2, 0) is 4.79 Å². The van der Waals surface area contributed by atoms with Crippen LogP contribution in [0.15, 0.2) is 18.2 Å². The first-order valence-corrected chi connectivity index (χ1v) is 7.54. The lowest BCUT2D eigenvalue weighted by Gasteiger charge is -2.23. The number of anilines is 1. The van der Waals surface area contributed by atoms with Gasteiger partial charge in [0, 0.05) is 32.1 Å². The SMILES string of the molecule is O=C(C1CC1)N1CCCN(c2ccc(F)cc2[N+](=O)[O-])CC1. The van der Waals surface area contributed by atoms with Crippen molar-refractivity contribution in [3.05, 3.63) is 34.1 Å². The molecule has 2 fully saturated rings. The van der Waals surface area contributed by atoms with Crippen LogP contribution in [0.4, 0.5) is 15.8 Å². The van der Waals surface area contributed by atoms with Crippen LogP contribution < -0.4 is 4.90 Å². The average Bonchev–Trinajstić information content (AvgIpc) is 3.33. The van der Waals surface area contributed by atoms with Crippen LogP contribution in [0.2, 0.25) is 0 Å². The molecule has 1 aromatic rings. The number of rotatable bonds is 3. The van der Waals surface area contributed by atoms with Gasteiger partial charge >= 0.3 is 0 Å². The second-order valence-electron chi connectivity index (χ2n) is 5.83. The molecule has 0 radical (unpaired) electrons. The number of nitro benzene ring substituents is 1. The van der Waals surface area contributed by atoms with Crippen molar-refractivity contribution < 1.29 is 14.1 Å². The predicted octanol–water partition coefficient (Wildman–Crippen LogP) is 2.18. The second kappa shape index (κ2) is 5.90. The second-order valence-corrected chi connectivity index (χ2v) is 5.83. The maximum atomic E-state index is 13.2. The van der Waals surface area contributed by atoms with Gasteiger partial charge < -0.3 is 9.80 Å². The Labute approximate surface area is 127 Å². The highest BCUT2D eigenvalue weighted by Crippen LogP contribution is 2.32. The normalized spacial score (nSPS) is 19.0. The van der Waals surface area contributed by atoms with E-state index >= 15 is 0 Å². The molecule has 22 heavy (non-hydrogen) atoms. The molecular weight excluding hydrogens is 289 g/mol. The van der Waals surface area contributed by atoms with E-state index in [9.17, 15) is 19.3 Å². The summed E-state index contributed by atoms with van der Waals surface area (Å²) >= 11 is 0. The van der Waals surface area contributed by atoms with Crippen LogP contribution in [-0.4, -0.2) is 41.9 Å². The maximum Gasteiger partial charge on any atom is 0.295 e. The maximum absolute atomic E-state index is 13.2. The first kappa shape index (κ1) is 14.7. The summed E-state index contributed by atoms with van der Waals surface area (Å²) in [5, 5.41) is 11.1.